The van der Waals surface area contributed by atoms with Gasteiger partial charge >= 0.3 is 17.9 Å². The average molecular weight is 535 g/mol. The fourth-order valence-corrected chi connectivity index (χ4v) is 6.34. The normalized spacial score (nSPS) is 39.2. The van der Waals surface area contributed by atoms with Crippen molar-refractivity contribution < 1.29 is 43.5 Å². The fourth-order valence-electron chi connectivity index (χ4n) is 6.34. The molecule has 1 spiro atoms. The molecule has 2 fully saturated rings. The second kappa shape index (κ2) is 11.3. The molecule has 0 aromatic heterocycles. The number of rotatable bonds is 8. The summed E-state index contributed by atoms with van der Waals surface area (Å²) in [4.78, 5) is 37.0. The predicted molar refractivity (Wildman–Crippen MR) is 138 cm³/mol. The minimum Gasteiger partial charge on any atom is -0.458 e. The number of ether oxygens (including phenoxy) is 4. The van der Waals surface area contributed by atoms with Gasteiger partial charge in [0, 0.05) is 19.4 Å². The van der Waals surface area contributed by atoms with Crippen molar-refractivity contribution in [3.8, 4) is 0 Å². The minimum atomic E-state index is -1.44. The van der Waals surface area contributed by atoms with E-state index in [4.69, 9.17) is 18.9 Å². The summed E-state index contributed by atoms with van der Waals surface area (Å²) in [6, 6.07) is 0. The van der Waals surface area contributed by atoms with E-state index in [0.29, 0.717) is 18.4 Å². The summed E-state index contributed by atoms with van der Waals surface area (Å²) >= 11 is 0. The topological polar surface area (TPSA) is 129 Å². The number of carbonyl (C=O) groups excluding carboxylic acids is 3. The molecule has 3 rings (SSSR count). The zero-order chi connectivity index (χ0) is 28.6. The van der Waals surface area contributed by atoms with Crippen LogP contribution in [0, 0.1) is 28.6 Å². The Labute approximate surface area is 224 Å². The molecular weight excluding hydrogens is 492 g/mol. The molecule has 2 aliphatic carbocycles. The Kier molecular flexibility index (Phi) is 8.95. The second-order valence-corrected chi connectivity index (χ2v) is 11.2. The van der Waals surface area contributed by atoms with Gasteiger partial charge in [-0.1, -0.05) is 52.0 Å². The first-order valence-corrected chi connectivity index (χ1v) is 13.3. The zero-order valence-corrected chi connectivity index (χ0v) is 23.4. The number of allylic oxidation sites excluding steroid dienone is 3. The van der Waals surface area contributed by atoms with Crippen molar-refractivity contribution >= 4 is 17.9 Å². The summed E-state index contributed by atoms with van der Waals surface area (Å²) < 4.78 is 23.0. The highest BCUT2D eigenvalue weighted by Gasteiger charge is 2.73. The summed E-state index contributed by atoms with van der Waals surface area (Å²) in [5, 5.41) is 23.2. The molecular formula is C29H42O9. The average Bonchev–Trinajstić information content (AvgIpc) is 3.15. The monoisotopic (exact) mass is 534 g/mol. The molecule has 2 N–H and O–H groups in total. The summed E-state index contributed by atoms with van der Waals surface area (Å²) in [5.74, 6) is -2.89. The van der Waals surface area contributed by atoms with Crippen LogP contribution in [0.4, 0.5) is 0 Å². The Morgan fingerprint density at radius 3 is 2.37 bits per heavy atom. The van der Waals surface area contributed by atoms with Crippen LogP contribution >= 0.6 is 0 Å². The van der Waals surface area contributed by atoms with E-state index in [1.165, 1.54) is 13.8 Å². The molecule has 0 amide bonds. The van der Waals surface area contributed by atoms with Crippen LogP contribution in [-0.2, 0) is 33.3 Å². The number of esters is 3. The molecule has 0 aromatic carbocycles. The van der Waals surface area contributed by atoms with E-state index in [9.17, 15) is 24.6 Å². The predicted octanol–water partition coefficient (Wildman–Crippen LogP) is 3.59. The first-order valence-electron chi connectivity index (χ1n) is 13.3. The molecule has 10 atom stereocenters. The van der Waals surface area contributed by atoms with Gasteiger partial charge in [0.05, 0.1) is 23.5 Å². The molecule has 1 heterocycles. The van der Waals surface area contributed by atoms with E-state index < -0.39 is 65.5 Å². The van der Waals surface area contributed by atoms with Crippen molar-refractivity contribution in [2.45, 2.75) is 98.6 Å². The molecule has 3 aliphatic rings. The molecule has 9 nitrogen and oxygen atoms in total. The van der Waals surface area contributed by atoms with Crippen molar-refractivity contribution in [3.05, 3.63) is 36.0 Å². The van der Waals surface area contributed by atoms with Crippen LogP contribution in [0.2, 0.25) is 0 Å². The second-order valence-electron chi connectivity index (χ2n) is 11.2. The van der Waals surface area contributed by atoms with E-state index in [1.54, 1.807) is 19.1 Å². The van der Waals surface area contributed by atoms with Crippen LogP contribution in [-0.4, -0.2) is 59.0 Å². The first-order chi connectivity index (χ1) is 17.7. The SMILES string of the molecule is C=C/C(C)=C/C[C@@]1(C)[C@H](C)[C@H](O)[C@H](O)[C@]23C(=C[C@@H](OC(=O)[C@H](C)CC)C[C@H]12)[C@@H](OC(C)=O)O[C@H]3OC(C)=O. The van der Waals surface area contributed by atoms with Crippen molar-refractivity contribution in [2.75, 3.05) is 0 Å². The molecule has 9 heteroatoms. The Morgan fingerprint density at radius 2 is 1.82 bits per heavy atom. The summed E-state index contributed by atoms with van der Waals surface area (Å²) in [7, 11) is 0. The Balaban J connectivity index is 2.26. The van der Waals surface area contributed by atoms with Gasteiger partial charge in [-0.25, -0.2) is 0 Å². The van der Waals surface area contributed by atoms with Crippen molar-refractivity contribution in [3.63, 3.8) is 0 Å². The number of hydrogen-bond donors (Lipinski definition) is 2. The van der Waals surface area contributed by atoms with Gasteiger partial charge in [-0.05, 0) is 49.5 Å². The molecule has 1 saturated heterocycles. The third kappa shape index (κ3) is 5.08. The fraction of sp³-hybridized carbons (Fsp3) is 0.690. The molecule has 38 heavy (non-hydrogen) atoms. The van der Waals surface area contributed by atoms with E-state index in [0.717, 1.165) is 5.57 Å². The molecule has 0 unspecified atom stereocenters. The van der Waals surface area contributed by atoms with Crippen LogP contribution < -0.4 is 0 Å². The van der Waals surface area contributed by atoms with Crippen LogP contribution in [0.25, 0.3) is 0 Å². The van der Waals surface area contributed by atoms with Gasteiger partial charge in [-0.2, -0.15) is 0 Å². The number of hydrogen-bond acceptors (Lipinski definition) is 9. The molecule has 212 valence electrons. The molecule has 0 bridgehead atoms. The number of aliphatic hydroxyl groups is 2. The van der Waals surface area contributed by atoms with Gasteiger partial charge in [-0.15, -0.1) is 0 Å². The molecule has 0 radical (unpaired) electrons. The maximum atomic E-state index is 12.8. The number of carbonyl (C=O) groups is 3. The van der Waals surface area contributed by atoms with Gasteiger partial charge in [0.2, 0.25) is 12.6 Å². The lowest BCUT2D eigenvalue weighted by Crippen LogP contribution is -2.68. The van der Waals surface area contributed by atoms with E-state index in [1.807, 2.05) is 33.8 Å². The van der Waals surface area contributed by atoms with Crippen LogP contribution in [0.5, 0.6) is 0 Å². The lowest BCUT2D eigenvalue weighted by atomic mass is 9.44. The Morgan fingerprint density at radius 1 is 1.18 bits per heavy atom. The van der Waals surface area contributed by atoms with Crippen molar-refractivity contribution in [1.82, 2.24) is 0 Å². The van der Waals surface area contributed by atoms with Gasteiger partial charge in [-0.3, -0.25) is 19.1 Å². The minimum absolute atomic E-state index is 0.283. The van der Waals surface area contributed by atoms with Gasteiger partial charge < -0.3 is 24.4 Å². The maximum absolute atomic E-state index is 12.8. The molecule has 0 aromatic rings. The number of aliphatic hydroxyl groups excluding tert-OH is 2. The van der Waals surface area contributed by atoms with Crippen LogP contribution in [0.15, 0.2) is 36.0 Å². The first kappa shape index (κ1) is 30.1. The van der Waals surface area contributed by atoms with Crippen molar-refractivity contribution in [1.29, 1.82) is 0 Å². The van der Waals surface area contributed by atoms with Gasteiger partial charge in [0.1, 0.15) is 6.10 Å². The Bertz CT molecular complexity index is 1020. The Hall–Kier alpha value is -2.49. The quantitative estimate of drug-likeness (QED) is 0.208. The van der Waals surface area contributed by atoms with Gasteiger partial charge in [0.15, 0.2) is 0 Å². The van der Waals surface area contributed by atoms with Crippen LogP contribution in [0.1, 0.15) is 67.7 Å². The van der Waals surface area contributed by atoms with Gasteiger partial charge in [0.25, 0.3) is 0 Å². The standard InChI is InChI=1S/C29H42O9/c1-9-15(3)11-12-28(8)17(5)23(32)24(33)29-21(26(35-18(6)30)38-27(29)36-19(7)31)13-20(14-22(28)29)37-25(34)16(4)10-2/h9,11,13,16-17,20,22-24,26-27,32-33H,1,10,12,14H2,2-8H3/b15-11+/t16-,17-,20-,22-,23+,24+,26+,27-,28+,29+/m1/s1. The lowest BCUT2D eigenvalue weighted by molar-refractivity contribution is -0.273. The maximum Gasteiger partial charge on any atom is 0.309 e. The molecule has 1 aliphatic heterocycles. The highest BCUT2D eigenvalue weighted by molar-refractivity contribution is 5.72. The summed E-state index contributed by atoms with van der Waals surface area (Å²) in [6.45, 7) is 15.8. The van der Waals surface area contributed by atoms with E-state index in [-0.39, 0.29) is 18.3 Å². The summed E-state index contributed by atoms with van der Waals surface area (Å²) in [5.41, 5.74) is -0.861. The largest absolute Gasteiger partial charge is 0.458 e. The highest BCUT2D eigenvalue weighted by Crippen LogP contribution is 2.67. The lowest BCUT2D eigenvalue weighted by Gasteiger charge is -2.61. The third-order valence-electron chi connectivity index (χ3n) is 8.98. The smallest absolute Gasteiger partial charge is 0.309 e. The third-order valence-corrected chi connectivity index (χ3v) is 8.98. The van der Waals surface area contributed by atoms with E-state index >= 15 is 0 Å². The van der Waals surface area contributed by atoms with Crippen molar-refractivity contribution in [2.24, 2.45) is 28.6 Å². The highest BCUT2D eigenvalue weighted by atomic mass is 16.8. The van der Waals surface area contributed by atoms with E-state index in [2.05, 4.69) is 6.58 Å². The molecule has 1 saturated carbocycles. The summed E-state index contributed by atoms with van der Waals surface area (Å²) in [6.07, 6.45) is 0.786. The van der Waals surface area contributed by atoms with Crippen LogP contribution in [0.3, 0.4) is 0 Å². The zero-order valence-electron chi connectivity index (χ0n) is 23.4.